The molecule has 1 nitrogen and oxygen atoms in total. The smallest absolute Gasteiger partial charge is 0.0659 e. The van der Waals surface area contributed by atoms with E-state index in [0.717, 1.165) is 5.92 Å². The minimum atomic E-state index is -0.0712. The van der Waals surface area contributed by atoms with Crippen molar-refractivity contribution in [2.45, 2.75) is 52.1 Å². The minimum Gasteiger partial charge on any atom is -0.392 e. The largest absolute Gasteiger partial charge is 0.392 e. The molecule has 1 N–H and O–H groups in total. The van der Waals surface area contributed by atoms with E-state index < -0.39 is 0 Å². The van der Waals surface area contributed by atoms with Crippen LogP contribution >= 0.6 is 0 Å². The molecule has 78 valence electrons. The highest BCUT2D eigenvalue weighted by atomic mass is 16.3. The number of fused-ring (bicyclic) bond motifs is 2. The predicted molar refractivity (Wildman–Crippen MR) is 56.9 cm³/mol. The maximum absolute atomic E-state index is 10.3. The highest BCUT2D eigenvalue weighted by molar-refractivity contribution is 5.32. The molecule has 0 aromatic heterocycles. The lowest BCUT2D eigenvalue weighted by molar-refractivity contribution is 0.0548. The van der Waals surface area contributed by atoms with Gasteiger partial charge in [-0.1, -0.05) is 25.0 Å². The molecule has 1 heteroatoms. The zero-order valence-corrected chi connectivity index (χ0v) is 9.21. The summed E-state index contributed by atoms with van der Waals surface area (Å²) < 4.78 is 0. The van der Waals surface area contributed by atoms with Gasteiger partial charge in [-0.05, 0) is 43.4 Å². The number of aliphatic hydroxyl groups excluding tert-OH is 1. The van der Waals surface area contributed by atoms with Crippen molar-refractivity contribution in [2.24, 2.45) is 17.3 Å². The molecule has 0 radical (unpaired) electrons. The Labute approximate surface area is 86.2 Å². The zero-order valence-electron chi connectivity index (χ0n) is 9.21. The summed E-state index contributed by atoms with van der Waals surface area (Å²) in [4.78, 5) is 0. The molecule has 3 rings (SSSR count). The number of hydrogen-bond donors (Lipinski definition) is 1. The van der Waals surface area contributed by atoms with E-state index in [4.69, 9.17) is 0 Å². The van der Waals surface area contributed by atoms with Crippen molar-refractivity contribution in [1.82, 2.24) is 0 Å². The minimum absolute atomic E-state index is 0.0712. The van der Waals surface area contributed by atoms with Gasteiger partial charge in [-0.15, -0.1) is 0 Å². The summed E-state index contributed by atoms with van der Waals surface area (Å²) in [6.07, 6.45) is 6.42. The summed E-state index contributed by atoms with van der Waals surface area (Å²) >= 11 is 0. The number of hydrogen-bond acceptors (Lipinski definition) is 1. The summed E-state index contributed by atoms with van der Waals surface area (Å²) in [6, 6.07) is 0. The molecule has 0 spiro atoms. The summed E-state index contributed by atoms with van der Waals surface area (Å²) in [5, 5.41) is 10.3. The van der Waals surface area contributed by atoms with Gasteiger partial charge in [0.2, 0.25) is 0 Å². The number of rotatable bonds is 0. The maximum Gasteiger partial charge on any atom is 0.0659 e. The van der Waals surface area contributed by atoms with Crippen LogP contribution < -0.4 is 0 Å². The van der Waals surface area contributed by atoms with Crippen LogP contribution in [-0.2, 0) is 0 Å². The van der Waals surface area contributed by atoms with Gasteiger partial charge in [0.05, 0.1) is 6.10 Å². The number of aliphatic hydroxyl groups is 1. The monoisotopic (exact) mass is 192 g/mol. The molecule has 0 heterocycles. The van der Waals surface area contributed by atoms with Gasteiger partial charge in [-0.25, -0.2) is 0 Å². The van der Waals surface area contributed by atoms with Crippen molar-refractivity contribution in [2.75, 3.05) is 0 Å². The summed E-state index contributed by atoms with van der Waals surface area (Å²) in [7, 11) is 0. The first-order chi connectivity index (χ1) is 6.59. The van der Waals surface area contributed by atoms with E-state index in [1.54, 1.807) is 11.1 Å². The Bertz CT molecular complexity index is 300. The molecule has 14 heavy (non-hydrogen) atoms. The number of allylic oxidation sites excluding steroid dienone is 1. The van der Waals surface area contributed by atoms with Crippen molar-refractivity contribution in [3.8, 4) is 0 Å². The Morgan fingerprint density at radius 3 is 2.86 bits per heavy atom. The van der Waals surface area contributed by atoms with Crippen LogP contribution in [0.3, 0.4) is 0 Å². The molecule has 3 aliphatic carbocycles. The standard InChI is InChI=1S/C13H20O/c1-13(2)7-9-6-8-4-3-5-10(8)11(9)12(13)14/h9,11-12,14H,3-7H2,1-2H3/t9-,11+,12-/m0/s1. The molecule has 1 fully saturated rings. The lowest BCUT2D eigenvalue weighted by atomic mass is 9.85. The van der Waals surface area contributed by atoms with Crippen LogP contribution in [0.5, 0.6) is 0 Å². The SMILES string of the molecule is CC1(C)C[C@@H]2CC3=C(CCC3)[C@@H]2[C@@H]1O. The van der Waals surface area contributed by atoms with E-state index in [0.29, 0.717) is 5.92 Å². The van der Waals surface area contributed by atoms with Gasteiger partial charge in [0.25, 0.3) is 0 Å². The second kappa shape index (κ2) is 2.63. The van der Waals surface area contributed by atoms with Gasteiger partial charge in [0.1, 0.15) is 0 Å². The van der Waals surface area contributed by atoms with Crippen molar-refractivity contribution in [3.05, 3.63) is 11.1 Å². The quantitative estimate of drug-likeness (QED) is 0.585. The Kier molecular flexibility index (Phi) is 1.69. The fourth-order valence-corrected chi connectivity index (χ4v) is 4.12. The second-order valence-corrected chi connectivity index (χ2v) is 6.11. The Balaban J connectivity index is 1.94. The second-order valence-electron chi connectivity index (χ2n) is 6.11. The van der Waals surface area contributed by atoms with Crippen LogP contribution in [0.1, 0.15) is 46.0 Å². The van der Waals surface area contributed by atoms with Gasteiger partial charge in [-0.2, -0.15) is 0 Å². The Morgan fingerprint density at radius 2 is 2.07 bits per heavy atom. The van der Waals surface area contributed by atoms with Gasteiger partial charge in [0, 0.05) is 5.92 Å². The molecule has 0 aliphatic heterocycles. The predicted octanol–water partition coefficient (Wildman–Crippen LogP) is 2.89. The van der Waals surface area contributed by atoms with Crippen molar-refractivity contribution < 1.29 is 5.11 Å². The third kappa shape index (κ3) is 0.995. The van der Waals surface area contributed by atoms with E-state index in [9.17, 15) is 5.11 Å². The van der Waals surface area contributed by atoms with E-state index in [1.807, 2.05) is 0 Å². The molecule has 0 bridgehead atoms. The van der Waals surface area contributed by atoms with E-state index in [-0.39, 0.29) is 11.5 Å². The van der Waals surface area contributed by atoms with Crippen LogP contribution in [0.15, 0.2) is 11.1 Å². The summed E-state index contributed by atoms with van der Waals surface area (Å²) in [6.45, 7) is 4.45. The topological polar surface area (TPSA) is 20.2 Å². The van der Waals surface area contributed by atoms with E-state index in [1.165, 1.54) is 32.1 Å². The lowest BCUT2D eigenvalue weighted by Crippen LogP contribution is -2.28. The third-order valence-electron chi connectivity index (χ3n) is 4.73. The highest BCUT2D eigenvalue weighted by Gasteiger charge is 2.52. The first-order valence-corrected chi connectivity index (χ1v) is 5.98. The molecule has 0 saturated heterocycles. The summed E-state index contributed by atoms with van der Waals surface area (Å²) in [5.74, 6) is 1.33. The first-order valence-electron chi connectivity index (χ1n) is 5.98. The lowest BCUT2D eigenvalue weighted by Gasteiger charge is -2.26. The van der Waals surface area contributed by atoms with E-state index >= 15 is 0 Å². The van der Waals surface area contributed by atoms with E-state index in [2.05, 4.69) is 13.8 Å². The van der Waals surface area contributed by atoms with Crippen LogP contribution in [0, 0.1) is 17.3 Å². The van der Waals surface area contributed by atoms with Crippen LogP contribution in [0.2, 0.25) is 0 Å². The molecule has 0 aromatic carbocycles. The van der Waals surface area contributed by atoms with Gasteiger partial charge < -0.3 is 5.11 Å². The van der Waals surface area contributed by atoms with Gasteiger partial charge in [-0.3, -0.25) is 0 Å². The van der Waals surface area contributed by atoms with Crippen molar-refractivity contribution >= 4 is 0 Å². The maximum atomic E-state index is 10.3. The molecular formula is C13H20O. The molecule has 3 atom stereocenters. The molecule has 1 saturated carbocycles. The zero-order chi connectivity index (χ0) is 9.92. The average molecular weight is 192 g/mol. The van der Waals surface area contributed by atoms with Gasteiger partial charge >= 0.3 is 0 Å². The normalized spacial score (nSPS) is 44.4. The van der Waals surface area contributed by atoms with Crippen LogP contribution in [0.25, 0.3) is 0 Å². The third-order valence-corrected chi connectivity index (χ3v) is 4.73. The van der Waals surface area contributed by atoms with Gasteiger partial charge in [0.15, 0.2) is 0 Å². The van der Waals surface area contributed by atoms with Crippen LogP contribution in [-0.4, -0.2) is 11.2 Å². The average Bonchev–Trinajstić information content (AvgIpc) is 2.65. The highest BCUT2D eigenvalue weighted by Crippen LogP contribution is 2.58. The molecular weight excluding hydrogens is 172 g/mol. The molecule has 0 aromatic rings. The first kappa shape index (κ1) is 8.96. The molecule has 0 amide bonds. The fourth-order valence-electron chi connectivity index (χ4n) is 4.12. The fraction of sp³-hybridized carbons (Fsp3) is 0.846. The van der Waals surface area contributed by atoms with Crippen molar-refractivity contribution in [3.63, 3.8) is 0 Å². The van der Waals surface area contributed by atoms with Crippen molar-refractivity contribution in [1.29, 1.82) is 0 Å². The Morgan fingerprint density at radius 1 is 1.29 bits per heavy atom. The van der Waals surface area contributed by atoms with Crippen LogP contribution in [0.4, 0.5) is 0 Å². The molecule has 3 aliphatic rings. The Hall–Kier alpha value is -0.300. The summed E-state index contributed by atoms with van der Waals surface area (Å²) in [5.41, 5.74) is 3.54. The molecule has 0 unspecified atom stereocenters.